The summed E-state index contributed by atoms with van der Waals surface area (Å²) in [4.78, 5) is 12.4. The number of halogens is 1. The minimum atomic E-state index is -3.96. The van der Waals surface area contributed by atoms with Crippen LogP contribution in [0.5, 0.6) is 11.5 Å². The van der Waals surface area contributed by atoms with Crippen molar-refractivity contribution in [2.75, 3.05) is 13.2 Å². The summed E-state index contributed by atoms with van der Waals surface area (Å²) in [6.07, 6.45) is 0.638. The zero-order chi connectivity index (χ0) is 18.3. The standard InChI is InChI=1S/C18H16BrNO5S/c19-12-3-1-2-11(8-12)14-10-15(14)18(21)20-26(22,23)13-4-5-16-17(9-13)25-7-6-24-16/h1-5,8-9,14-15H,6-7,10H2,(H,20,21)/t14-,15-/m0/s1. The average Bonchev–Trinajstić information content (AvgIpc) is 3.42. The van der Waals surface area contributed by atoms with Crippen LogP contribution in [-0.4, -0.2) is 27.5 Å². The lowest BCUT2D eigenvalue weighted by Gasteiger charge is -2.18. The lowest BCUT2D eigenvalue weighted by Crippen LogP contribution is -2.32. The van der Waals surface area contributed by atoms with Crippen LogP contribution in [0, 0.1) is 5.92 Å². The maximum atomic E-state index is 12.5. The van der Waals surface area contributed by atoms with E-state index >= 15 is 0 Å². The van der Waals surface area contributed by atoms with Gasteiger partial charge in [-0.25, -0.2) is 13.1 Å². The Labute approximate surface area is 159 Å². The SMILES string of the molecule is O=C(NS(=O)(=O)c1ccc2c(c1)OCCO2)[C@H]1C[C@H]1c1cccc(Br)c1. The van der Waals surface area contributed by atoms with Crippen molar-refractivity contribution >= 4 is 31.9 Å². The van der Waals surface area contributed by atoms with Gasteiger partial charge in [-0.3, -0.25) is 4.79 Å². The highest BCUT2D eigenvalue weighted by Crippen LogP contribution is 2.48. The van der Waals surface area contributed by atoms with Gasteiger partial charge in [0.1, 0.15) is 13.2 Å². The maximum Gasteiger partial charge on any atom is 0.264 e. The van der Waals surface area contributed by atoms with Gasteiger partial charge in [-0.1, -0.05) is 28.1 Å². The van der Waals surface area contributed by atoms with E-state index in [1.165, 1.54) is 18.2 Å². The summed E-state index contributed by atoms with van der Waals surface area (Å²) in [5.74, 6) is 0.0903. The average molecular weight is 438 g/mol. The van der Waals surface area contributed by atoms with Crippen molar-refractivity contribution in [1.82, 2.24) is 4.72 Å². The Morgan fingerprint density at radius 3 is 2.62 bits per heavy atom. The van der Waals surface area contributed by atoms with Crippen molar-refractivity contribution in [3.05, 3.63) is 52.5 Å². The van der Waals surface area contributed by atoms with E-state index in [0.29, 0.717) is 31.1 Å². The first-order valence-corrected chi connectivity index (χ1v) is 10.4. The number of hydrogen-bond donors (Lipinski definition) is 1. The van der Waals surface area contributed by atoms with Crippen molar-refractivity contribution in [3.8, 4) is 11.5 Å². The number of sulfonamides is 1. The molecule has 8 heteroatoms. The number of benzene rings is 2. The molecule has 1 heterocycles. The van der Waals surface area contributed by atoms with E-state index in [0.717, 1.165) is 10.0 Å². The van der Waals surface area contributed by atoms with Gasteiger partial charge in [0.15, 0.2) is 11.5 Å². The third-order valence-electron chi connectivity index (χ3n) is 4.46. The van der Waals surface area contributed by atoms with Gasteiger partial charge >= 0.3 is 0 Å². The zero-order valence-corrected chi connectivity index (χ0v) is 16.0. The molecule has 26 heavy (non-hydrogen) atoms. The van der Waals surface area contributed by atoms with Crippen LogP contribution >= 0.6 is 15.9 Å². The van der Waals surface area contributed by atoms with Crippen LogP contribution in [0.4, 0.5) is 0 Å². The fourth-order valence-corrected chi connectivity index (χ4v) is 4.51. The molecule has 2 aliphatic rings. The van der Waals surface area contributed by atoms with Crippen LogP contribution < -0.4 is 14.2 Å². The Morgan fingerprint density at radius 2 is 1.85 bits per heavy atom. The molecule has 1 N–H and O–H groups in total. The topological polar surface area (TPSA) is 81.7 Å². The number of amides is 1. The number of rotatable bonds is 4. The first-order chi connectivity index (χ1) is 12.4. The number of ether oxygens (including phenoxy) is 2. The smallest absolute Gasteiger partial charge is 0.264 e. The number of fused-ring (bicyclic) bond motifs is 1. The molecule has 1 saturated carbocycles. The molecule has 0 unspecified atom stereocenters. The van der Waals surface area contributed by atoms with Gasteiger partial charge in [0.05, 0.1) is 4.90 Å². The summed E-state index contributed by atoms with van der Waals surface area (Å²) in [6.45, 7) is 0.785. The second-order valence-electron chi connectivity index (χ2n) is 6.28. The predicted octanol–water partition coefficient (Wildman–Crippen LogP) is 2.83. The van der Waals surface area contributed by atoms with Crippen LogP contribution in [0.25, 0.3) is 0 Å². The van der Waals surface area contributed by atoms with Crippen molar-refractivity contribution in [1.29, 1.82) is 0 Å². The van der Waals surface area contributed by atoms with Gasteiger partial charge in [-0.2, -0.15) is 0 Å². The highest BCUT2D eigenvalue weighted by Gasteiger charge is 2.45. The highest BCUT2D eigenvalue weighted by molar-refractivity contribution is 9.10. The number of nitrogens with one attached hydrogen (secondary N) is 1. The fraction of sp³-hybridized carbons (Fsp3) is 0.278. The minimum absolute atomic E-state index is 0.0187. The molecule has 2 aromatic rings. The van der Waals surface area contributed by atoms with Gasteiger partial charge in [0.2, 0.25) is 5.91 Å². The molecule has 136 valence electrons. The van der Waals surface area contributed by atoms with Crippen LogP contribution in [0.1, 0.15) is 17.9 Å². The number of carbonyl (C=O) groups is 1. The summed E-state index contributed by atoms with van der Waals surface area (Å²) in [5.41, 5.74) is 1.02. The molecule has 0 saturated heterocycles. The third kappa shape index (κ3) is 3.43. The largest absolute Gasteiger partial charge is 0.486 e. The maximum absolute atomic E-state index is 12.5. The molecule has 0 radical (unpaired) electrons. The van der Waals surface area contributed by atoms with E-state index in [-0.39, 0.29) is 16.7 Å². The molecule has 1 amide bonds. The van der Waals surface area contributed by atoms with Crippen LogP contribution in [0.3, 0.4) is 0 Å². The van der Waals surface area contributed by atoms with Crippen LogP contribution in [0.15, 0.2) is 51.8 Å². The Balaban J connectivity index is 1.47. The normalized spacial score (nSPS) is 21.1. The van der Waals surface area contributed by atoms with Gasteiger partial charge in [0, 0.05) is 16.5 Å². The molecule has 6 nitrogen and oxygen atoms in total. The van der Waals surface area contributed by atoms with E-state index in [2.05, 4.69) is 20.7 Å². The summed E-state index contributed by atoms with van der Waals surface area (Å²) in [7, 11) is -3.96. The molecule has 0 bridgehead atoms. The number of carbonyl (C=O) groups excluding carboxylic acids is 1. The van der Waals surface area contributed by atoms with Gasteiger partial charge in [-0.15, -0.1) is 0 Å². The second-order valence-corrected chi connectivity index (χ2v) is 8.88. The lowest BCUT2D eigenvalue weighted by molar-refractivity contribution is -0.120. The van der Waals surface area contributed by atoms with E-state index in [9.17, 15) is 13.2 Å². The molecular formula is C18H16BrNO5S. The van der Waals surface area contributed by atoms with Gasteiger partial charge in [0.25, 0.3) is 10.0 Å². The summed E-state index contributed by atoms with van der Waals surface area (Å²) in [6, 6.07) is 12.0. The quantitative estimate of drug-likeness (QED) is 0.794. The molecule has 4 rings (SSSR count). The van der Waals surface area contributed by atoms with Crippen molar-refractivity contribution in [2.45, 2.75) is 17.2 Å². The Bertz CT molecular complexity index is 975. The Kier molecular flexibility index (Phi) is 4.40. The molecule has 2 atom stereocenters. The first-order valence-electron chi connectivity index (χ1n) is 8.16. The van der Waals surface area contributed by atoms with Crippen molar-refractivity contribution in [3.63, 3.8) is 0 Å². The van der Waals surface area contributed by atoms with Crippen LogP contribution in [-0.2, 0) is 14.8 Å². The molecule has 1 fully saturated rings. The molecule has 1 aliphatic heterocycles. The predicted molar refractivity (Wildman–Crippen MR) is 97.8 cm³/mol. The van der Waals surface area contributed by atoms with E-state index < -0.39 is 15.9 Å². The van der Waals surface area contributed by atoms with E-state index in [4.69, 9.17) is 9.47 Å². The monoisotopic (exact) mass is 437 g/mol. The van der Waals surface area contributed by atoms with Crippen LogP contribution in [0.2, 0.25) is 0 Å². The Morgan fingerprint density at radius 1 is 1.08 bits per heavy atom. The fourth-order valence-electron chi connectivity index (χ4n) is 3.05. The van der Waals surface area contributed by atoms with Gasteiger partial charge < -0.3 is 9.47 Å². The van der Waals surface area contributed by atoms with Gasteiger partial charge in [-0.05, 0) is 42.2 Å². The summed E-state index contributed by atoms with van der Waals surface area (Å²) in [5, 5.41) is 0. The highest BCUT2D eigenvalue weighted by atomic mass is 79.9. The minimum Gasteiger partial charge on any atom is -0.486 e. The summed E-state index contributed by atoms with van der Waals surface area (Å²) < 4.78 is 38.9. The lowest BCUT2D eigenvalue weighted by atomic mass is 10.1. The molecule has 0 aromatic heterocycles. The second kappa shape index (κ2) is 6.59. The van der Waals surface area contributed by atoms with E-state index in [1.807, 2.05) is 24.3 Å². The first kappa shape index (κ1) is 17.4. The van der Waals surface area contributed by atoms with Crippen molar-refractivity contribution in [2.24, 2.45) is 5.92 Å². The molecule has 1 aliphatic carbocycles. The summed E-state index contributed by atoms with van der Waals surface area (Å²) >= 11 is 3.41. The zero-order valence-electron chi connectivity index (χ0n) is 13.6. The Hall–Kier alpha value is -2.06. The third-order valence-corrected chi connectivity index (χ3v) is 6.30. The van der Waals surface area contributed by atoms with E-state index in [1.54, 1.807) is 0 Å². The van der Waals surface area contributed by atoms with Crippen molar-refractivity contribution < 1.29 is 22.7 Å². The molecular weight excluding hydrogens is 422 g/mol. The molecule has 0 spiro atoms. The molecule has 2 aromatic carbocycles. The number of hydrogen-bond acceptors (Lipinski definition) is 5.